The summed E-state index contributed by atoms with van der Waals surface area (Å²) in [5.41, 5.74) is 5.77. The van der Waals surface area contributed by atoms with Crippen LogP contribution in [-0.4, -0.2) is 78.7 Å². The van der Waals surface area contributed by atoms with E-state index in [1.54, 1.807) is 24.3 Å². The van der Waals surface area contributed by atoms with E-state index in [1.165, 1.54) is 36.9 Å². The lowest BCUT2D eigenvalue weighted by atomic mass is 9.97. The van der Waals surface area contributed by atoms with Crippen LogP contribution in [0.2, 0.25) is 10.0 Å². The molecule has 0 amide bonds. The van der Waals surface area contributed by atoms with Gasteiger partial charge in [0.15, 0.2) is 23.2 Å². The lowest BCUT2D eigenvalue weighted by molar-refractivity contribution is -0.142. The van der Waals surface area contributed by atoms with Crippen LogP contribution in [0.25, 0.3) is 10.0 Å². The molecule has 0 saturated heterocycles. The highest BCUT2D eigenvalue weighted by atomic mass is 35.5. The second-order valence-corrected chi connectivity index (χ2v) is 17.8. The highest BCUT2D eigenvalue weighted by Gasteiger charge is 2.36. The second-order valence-electron chi connectivity index (χ2n) is 15.0. The molecule has 0 radical (unpaired) electrons. The maximum absolute atomic E-state index is 14.1. The van der Waals surface area contributed by atoms with E-state index >= 15 is 0 Å². The van der Waals surface area contributed by atoms with Gasteiger partial charge in [-0.15, -0.1) is 43.1 Å². The molecule has 4 aromatic heterocycles. The van der Waals surface area contributed by atoms with Gasteiger partial charge in [-0.3, -0.25) is 38.3 Å². The molecule has 8 rings (SSSR count). The zero-order valence-electron chi connectivity index (χ0n) is 34.6. The topological polar surface area (TPSA) is 173 Å². The Balaban J connectivity index is 1.06. The molecule has 0 spiro atoms. The monoisotopic (exact) mass is 910 g/mol. The number of carbonyl (C=O) groups excluding carboxylic acids is 4. The summed E-state index contributed by atoms with van der Waals surface area (Å²) in [6, 6.07) is 13.2. The van der Waals surface area contributed by atoms with Crippen molar-refractivity contribution < 1.29 is 28.7 Å². The minimum Gasteiger partial charge on any atom is -0.469 e. The van der Waals surface area contributed by atoms with Gasteiger partial charge in [0.2, 0.25) is 0 Å². The average Bonchev–Trinajstić information content (AvgIpc) is 3.98. The van der Waals surface area contributed by atoms with E-state index in [1.807, 2.05) is 61.1 Å². The van der Waals surface area contributed by atoms with Crippen LogP contribution >= 0.6 is 45.9 Å². The van der Waals surface area contributed by atoms with Gasteiger partial charge in [0.05, 0.1) is 48.2 Å². The molecule has 0 fully saturated rings. The first-order valence-corrected chi connectivity index (χ1v) is 22.2. The zero-order valence-corrected chi connectivity index (χ0v) is 37.8. The third kappa shape index (κ3) is 7.96. The number of aromatic nitrogens is 6. The number of fused-ring (bicyclic) bond motifs is 6. The summed E-state index contributed by atoms with van der Waals surface area (Å²) in [4.78, 5) is 64.6. The summed E-state index contributed by atoms with van der Waals surface area (Å²) in [5.74, 6) is 1.14. The Labute approximate surface area is 374 Å². The quantitative estimate of drug-likeness (QED) is 0.0618. The number of thiophene rings is 2. The van der Waals surface area contributed by atoms with Crippen LogP contribution in [0.3, 0.4) is 0 Å². The normalized spacial score (nSPS) is 15.3. The van der Waals surface area contributed by atoms with Crippen LogP contribution in [0, 0.1) is 27.7 Å². The molecule has 0 aliphatic carbocycles. The molecule has 2 aliphatic heterocycles. The fraction of sp³-hybridized carbons (Fsp3) is 0.318. The van der Waals surface area contributed by atoms with Crippen LogP contribution in [0.1, 0.15) is 127 Å². The number of hydrogen-bond donors (Lipinski definition) is 0. The van der Waals surface area contributed by atoms with E-state index in [0.29, 0.717) is 67.4 Å². The van der Waals surface area contributed by atoms with Gasteiger partial charge in [-0.2, -0.15) is 0 Å². The predicted molar refractivity (Wildman–Crippen MR) is 237 cm³/mol. The third-order valence-corrected chi connectivity index (χ3v) is 14.1. The van der Waals surface area contributed by atoms with Crippen molar-refractivity contribution in [3.05, 3.63) is 125 Å². The number of methoxy groups -OCH3 is 2. The van der Waals surface area contributed by atoms with Gasteiger partial charge < -0.3 is 9.47 Å². The van der Waals surface area contributed by atoms with Gasteiger partial charge in [0.25, 0.3) is 0 Å². The number of aliphatic imine (C=N–C) groups is 2. The zero-order chi connectivity index (χ0) is 44.0. The number of carbonyl (C=O) groups is 4. The summed E-state index contributed by atoms with van der Waals surface area (Å²) in [5, 5.41) is 20.1. The Kier molecular flexibility index (Phi) is 12.2. The second kappa shape index (κ2) is 17.6. The first-order chi connectivity index (χ1) is 29.8. The number of aryl methyl sites for hydroxylation is 2. The Morgan fingerprint density at radius 1 is 0.597 bits per heavy atom. The molecular weight excluding hydrogens is 872 g/mol. The number of ether oxygens (including phenoxy) is 2. The summed E-state index contributed by atoms with van der Waals surface area (Å²) in [6.45, 7) is 7.46. The van der Waals surface area contributed by atoms with Gasteiger partial charge in [-0.1, -0.05) is 47.5 Å². The van der Waals surface area contributed by atoms with Crippen molar-refractivity contribution in [1.82, 2.24) is 29.5 Å². The van der Waals surface area contributed by atoms with E-state index in [2.05, 4.69) is 20.4 Å². The molecule has 6 aromatic rings. The van der Waals surface area contributed by atoms with E-state index in [-0.39, 0.29) is 37.2 Å². The first kappa shape index (κ1) is 43.0. The molecule has 2 aromatic carbocycles. The van der Waals surface area contributed by atoms with Crippen LogP contribution < -0.4 is 0 Å². The van der Waals surface area contributed by atoms with Crippen molar-refractivity contribution in [2.45, 2.75) is 78.3 Å². The smallest absolute Gasteiger partial charge is 0.308 e. The van der Waals surface area contributed by atoms with E-state index in [9.17, 15) is 19.2 Å². The van der Waals surface area contributed by atoms with Crippen molar-refractivity contribution in [3.63, 3.8) is 0 Å². The maximum Gasteiger partial charge on any atom is 0.308 e. The number of hydrogen-bond acceptors (Lipinski definition) is 14. The van der Waals surface area contributed by atoms with Crippen molar-refractivity contribution in [1.29, 1.82) is 0 Å². The van der Waals surface area contributed by atoms with Crippen LogP contribution in [-0.2, 0) is 19.1 Å². The highest BCUT2D eigenvalue weighted by molar-refractivity contribution is 7.17. The molecule has 0 N–H and O–H groups in total. The molecule has 2 atom stereocenters. The molecule has 2 aliphatic rings. The van der Waals surface area contributed by atoms with Crippen LogP contribution in [0.15, 0.2) is 58.5 Å². The number of rotatable bonds is 13. The van der Waals surface area contributed by atoms with E-state index < -0.39 is 24.0 Å². The summed E-state index contributed by atoms with van der Waals surface area (Å²) < 4.78 is 13.8. The van der Waals surface area contributed by atoms with E-state index in [0.717, 1.165) is 43.4 Å². The van der Waals surface area contributed by atoms with Crippen molar-refractivity contribution >= 4 is 80.8 Å². The summed E-state index contributed by atoms with van der Waals surface area (Å²) >= 11 is 15.2. The Hall–Kier alpha value is -5.68. The minimum absolute atomic E-state index is 0.0477. The van der Waals surface area contributed by atoms with Gasteiger partial charge >= 0.3 is 11.9 Å². The standard InChI is InChI=1S/C44H40Cl2N8O6S2/c1-21-35-37(25-11-15-27(45)16-12-25)47-29(19-33(57)59-5)41-51-49-23(3)53(41)43(35)61-39(21)31(55)9-7-8-10-32(56)40-22(2)36-38(26-13-17-28(46)18-14-26)48-30(20-34(58)60-6)42-52-50-24(4)54(42)44(36)62-40/h11-18,29-30H,7-10,19-20H2,1-6H3. The highest BCUT2D eigenvalue weighted by Crippen LogP contribution is 2.43. The largest absolute Gasteiger partial charge is 0.469 e. The van der Waals surface area contributed by atoms with Crippen molar-refractivity contribution in [2.75, 3.05) is 14.2 Å². The molecule has 0 saturated carbocycles. The fourth-order valence-corrected chi connectivity index (χ4v) is 10.8. The Bertz CT molecular complexity index is 2640. The lowest BCUT2D eigenvalue weighted by Gasteiger charge is -2.12. The molecular formula is C44H40Cl2N8O6S2. The third-order valence-electron chi connectivity index (χ3n) is 11.0. The molecule has 18 heteroatoms. The average molecular weight is 912 g/mol. The fourth-order valence-electron chi connectivity index (χ4n) is 7.86. The van der Waals surface area contributed by atoms with E-state index in [4.69, 9.17) is 42.7 Å². The molecule has 14 nitrogen and oxygen atoms in total. The first-order valence-electron chi connectivity index (χ1n) is 19.8. The number of benzene rings is 2. The molecule has 318 valence electrons. The number of esters is 2. The predicted octanol–water partition coefficient (Wildman–Crippen LogP) is 9.05. The summed E-state index contributed by atoms with van der Waals surface area (Å²) in [6.07, 6.45) is 1.31. The molecule has 2 unspecified atom stereocenters. The number of nitrogens with zero attached hydrogens (tertiary/aromatic N) is 8. The van der Waals surface area contributed by atoms with Crippen LogP contribution in [0.5, 0.6) is 0 Å². The number of Topliss-reactive ketones (excluding diaryl/α,β-unsaturated/α-hetero) is 2. The Morgan fingerprint density at radius 2 is 0.968 bits per heavy atom. The molecule has 0 bridgehead atoms. The van der Waals surface area contributed by atoms with Gasteiger partial charge in [0.1, 0.15) is 33.7 Å². The van der Waals surface area contributed by atoms with Gasteiger partial charge in [-0.05, 0) is 75.9 Å². The Morgan fingerprint density at radius 3 is 1.32 bits per heavy atom. The number of ketones is 2. The van der Waals surface area contributed by atoms with Crippen molar-refractivity contribution in [2.24, 2.45) is 9.98 Å². The number of halogens is 2. The molecule has 62 heavy (non-hydrogen) atoms. The maximum atomic E-state index is 14.1. The van der Waals surface area contributed by atoms with Crippen LogP contribution in [0.4, 0.5) is 0 Å². The SMILES string of the molecule is COC(=O)CC1N=C(c2ccc(Cl)cc2)c2c(sc(C(=O)CCCCC(=O)c3sc4c(c3C)C(c3ccc(Cl)cc3)=NC(CC(=O)OC)c3nnc(C)n3-4)c2C)-n2c(C)nnc21. The van der Waals surface area contributed by atoms with Gasteiger partial charge in [-0.25, -0.2) is 0 Å². The summed E-state index contributed by atoms with van der Waals surface area (Å²) in [7, 11) is 2.66. The molecule has 6 heterocycles. The van der Waals surface area contributed by atoms with Gasteiger partial charge in [0, 0.05) is 45.1 Å². The lowest BCUT2D eigenvalue weighted by Crippen LogP contribution is -2.12. The minimum atomic E-state index is -0.686. The number of unbranched alkanes of at least 4 members (excludes halogenated alkanes) is 1. The van der Waals surface area contributed by atoms with Crippen molar-refractivity contribution in [3.8, 4) is 10.0 Å².